The highest BCUT2D eigenvalue weighted by Gasteiger charge is 2.07. The lowest BCUT2D eigenvalue weighted by Gasteiger charge is -2.06. The van der Waals surface area contributed by atoms with Crippen LogP contribution < -0.4 is 5.32 Å². The summed E-state index contributed by atoms with van der Waals surface area (Å²) in [5.74, 6) is 0.981. The van der Waals surface area contributed by atoms with Crippen molar-refractivity contribution in [2.24, 2.45) is 7.05 Å². The molecular formula is C20H19N5O. The van der Waals surface area contributed by atoms with Gasteiger partial charge in [-0.2, -0.15) is 10.2 Å². The summed E-state index contributed by atoms with van der Waals surface area (Å²) >= 11 is 0. The second kappa shape index (κ2) is 6.40. The van der Waals surface area contributed by atoms with E-state index in [1.54, 1.807) is 16.8 Å². The molecule has 0 spiro atoms. The normalized spacial score (nSPS) is 10.8. The van der Waals surface area contributed by atoms with E-state index in [0.717, 1.165) is 39.5 Å². The molecule has 0 atom stereocenters. The van der Waals surface area contributed by atoms with Gasteiger partial charge in [0.25, 0.3) is 0 Å². The number of hydrogen-bond donors (Lipinski definition) is 3. The fourth-order valence-corrected chi connectivity index (χ4v) is 2.87. The molecule has 0 saturated heterocycles. The van der Waals surface area contributed by atoms with Gasteiger partial charge in [0.15, 0.2) is 5.82 Å². The van der Waals surface area contributed by atoms with Gasteiger partial charge in [-0.25, -0.2) is 0 Å². The van der Waals surface area contributed by atoms with Crippen LogP contribution in [0.1, 0.15) is 5.56 Å². The van der Waals surface area contributed by atoms with Crippen LogP contribution in [0.3, 0.4) is 0 Å². The number of nitrogens with zero attached hydrogens (tertiary/aromatic N) is 3. The van der Waals surface area contributed by atoms with E-state index in [9.17, 15) is 5.11 Å². The predicted molar refractivity (Wildman–Crippen MR) is 102 cm³/mol. The van der Waals surface area contributed by atoms with Crippen molar-refractivity contribution in [3.8, 4) is 28.1 Å². The molecule has 0 radical (unpaired) electrons. The van der Waals surface area contributed by atoms with Crippen LogP contribution in [0.4, 0.5) is 11.5 Å². The molecule has 26 heavy (non-hydrogen) atoms. The van der Waals surface area contributed by atoms with Crippen molar-refractivity contribution >= 4 is 11.5 Å². The van der Waals surface area contributed by atoms with Gasteiger partial charge in [0.05, 0.1) is 11.9 Å². The predicted octanol–water partition coefficient (Wildman–Crippen LogP) is 4.23. The molecule has 2 heterocycles. The maximum Gasteiger partial charge on any atom is 0.152 e. The topological polar surface area (TPSA) is 78.8 Å². The number of nitrogens with one attached hydrogen (secondary N) is 2. The van der Waals surface area contributed by atoms with E-state index in [2.05, 4.69) is 44.9 Å². The summed E-state index contributed by atoms with van der Waals surface area (Å²) in [4.78, 5) is 0. The Morgan fingerprint density at radius 1 is 1.00 bits per heavy atom. The Hall–Kier alpha value is -3.54. The molecular weight excluding hydrogens is 326 g/mol. The number of aromatic amines is 1. The number of H-pyrrole nitrogens is 1. The van der Waals surface area contributed by atoms with Crippen LogP contribution in [0.2, 0.25) is 0 Å². The second-order valence-corrected chi connectivity index (χ2v) is 6.27. The smallest absolute Gasteiger partial charge is 0.152 e. The van der Waals surface area contributed by atoms with Crippen molar-refractivity contribution in [1.29, 1.82) is 0 Å². The van der Waals surface area contributed by atoms with E-state index in [1.165, 1.54) is 0 Å². The van der Waals surface area contributed by atoms with Crippen molar-refractivity contribution in [2.75, 3.05) is 5.32 Å². The fourth-order valence-electron chi connectivity index (χ4n) is 2.87. The second-order valence-electron chi connectivity index (χ2n) is 6.27. The van der Waals surface area contributed by atoms with E-state index < -0.39 is 0 Å². The minimum absolute atomic E-state index is 0.254. The quantitative estimate of drug-likeness (QED) is 0.484. The zero-order chi connectivity index (χ0) is 18.1. The summed E-state index contributed by atoms with van der Waals surface area (Å²) < 4.78 is 1.79. The standard InChI is InChI=1S/C20H19N5O/c1-13-9-17(26)7-8-18(13)22-20-10-19(23-24-20)15-5-3-14(4-6-15)16-11-21-25(2)12-16/h3-12,26H,1-2H3,(H2,22,23,24). The van der Waals surface area contributed by atoms with Gasteiger partial charge in [0, 0.05) is 30.6 Å². The highest BCUT2D eigenvalue weighted by atomic mass is 16.3. The van der Waals surface area contributed by atoms with Crippen molar-refractivity contribution in [3.63, 3.8) is 0 Å². The van der Waals surface area contributed by atoms with Gasteiger partial charge < -0.3 is 10.4 Å². The Bertz CT molecular complexity index is 1050. The number of phenolic OH excluding ortho intramolecular Hbond substituents is 1. The Kier molecular flexibility index (Phi) is 3.93. The molecule has 0 aliphatic carbocycles. The van der Waals surface area contributed by atoms with Gasteiger partial charge in [-0.15, -0.1) is 0 Å². The van der Waals surface area contributed by atoms with Gasteiger partial charge in [-0.1, -0.05) is 24.3 Å². The van der Waals surface area contributed by atoms with Crippen molar-refractivity contribution < 1.29 is 5.11 Å². The molecule has 0 bridgehead atoms. The first-order valence-electron chi connectivity index (χ1n) is 8.30. The lowest BCUT2D eigenvalue weighted by molar-refractivity contribution is 0.475. The number of aromatic hydroxyl groups is 1. The molecule has 130 valence electrons. The van der Waals surface area contributed by atoms with Gasteiger partial charge in [0.2, 0.25) is 0 Å². The molecule has 2 aromatic heterocycles. The molecule has 4 rings (SSSR count). The third-order valence-corrected chi connectivity index (χ3v) is 4.28. The molecule has 0 saturated carbocycles. The third kappa shape index (κ3) is 3.17. The number of phenols is 1. The number of anilines is 2. The Morgan fingerprint density at radius 2 is 1.77 bits per heavy atom. The van der Waals surface area contributed by atoms with Gasteiger partial charge >= 0.3 is 0 Å². The summed E-state index contributed by atoms with van der Waals surface area (Å²) in [5.41, 5.74) is 6.07. The monoisotopic (exact) mass is 345 g/mol. The van der Waals surface area contributed by atoms with Crippen LogP contribution in [-0.2, 0) is 7.05 Å². The molecule has 4 aromatic rings. The Labute approximate surface area is 151 Å². The van der Waals surface area contributed by atoms with Crippen LogP contribution in [0.15, 0.2) is 60.9 Å². The largest absolute Gasteiger partial charge is 0.508 e. The van der Waals surface area contributed by atoms with Crippen molar-refractivity contribution in [3.05, 3.63) is 66.5 Å². The van der Waals surface area contributed by atoms with Crippen LogP contribution in [0.5, 0.6) is 5.75 Å². The lowest BCUT2D eigenvalue weighted by Crippen LogP contribution is -1.92. The summed E-state index contributed by atoms with van der Waals surface area (Å²) in [5, 5.41) is 24.4. The minimum atomic E-state index is 0.254. The number of hydrogen-bond acceptors (Lipinski definition) is 4. The van der Waals surface area contributed by atoms with E-state index >= 15 is 0 Å². The van der Waals surface area contributed by atoms with Crippen molar-refractivity contribution in [2.45, 2.75) is 6.92 Å². The average molecular weight is 345 g/mol. The first kappa shape index (κ1) is 16.0. The first-order chi connectivity index (χ1) is 12.6. The van der Waals surface area contributed by atoms with Crippen LogP contribution >= 0.6 is 0 Å². The molecule has 2 aromatic carbocycles. The lowest BCUT2D eigenvalue weighted by atomic mass is 10.1. The van der Waals surface area contributed by atoms with E-state index in [1.807, 2.05) is 38.5 Å². The summed E-state index contributed by atoms with van der Waals surface area (Å²) in [6.07, 6.45) is 3.85. The molecule has 6 nitrogen and oxygen atoms in total. The first-order valence-corrected chi connectivity index (χ1v) is 8.30. The van der Waals surface area contributed by atoms with E-state index in [-0.39, 0.29) is 5.75 Å². The molecule has 0 aliphatic heterocycles. The number of aromatic nitrogens is 4. The Balaban J connectivity index is 1.54. The van der Waals surface area contributed by atoms with E-state index in [4.69, 9.17) is 0 Å². The average Bonchev–Trinajstić information content (AvgIpc) is 3.27. The fraction of sp³-hybridized carbons (Fsp3) is 0.100. The zero-order valence-electron chi connectivity index (χ0n) is 14.6. The van der Waals surface area contributed by atoms with Crippen LogP contribution in [-0.4, -0.2) is 25.1 Å². The highest BCUT2D eigenvalue weighted by molar-refractivity contribution is 5.71. The van der Waals surface area contributed by atoms with Gasteiger partial charge in [-0.05, 0) is 41.8 Å². The van der Waals surface area contributed by atoms with E-state index in [0.29, 0.717) is 0 Å². The maximum atomic E-state index is 9.51. The number of benzene rings is 2. The summed E-state index contributed by atoms with van der Waals surface area (Å²) in [6, 6.07) is 15.4. The number of rotatable bonds is 4. The zero-order valence-corrected chi connectivity index (χ0v) is 14.6. The molecule has 0 aliphatic rings. The third-order valence-electron chi connectivity index (χ3n) is 4.28. The summed E-state index contributed by atoms with van der Waals surface area (Å²) in [6.45, 7) is 1.94. The molecule has 6 heteroatoms. The van der Waals surface area contributed by atoms with Crippen LogP contribution in [0, 0.1) is 6.92 Å². The number of aryl methyl sites for hydroxylation is 2. The van der Waals surface area contributed by atoms with Crippen molar-refractivity contribution in [1.82, 2.24) is 20.0 Å². The summed E-state index contributed by atoms with van der Waals surface area (Å²) in [7, 11) is 1.91. The molecule has 0 unspecified atom stereocenters. The van der Waals surface area contributed by atoms with Gasteiger partial charge in [0.1, 0.15) is 5.75 Å². The highest BCUT2D eigenvalue weighted by Crippen LogP contribution is 2.27. The molecule has 3 N–H and O–H groups in total. The minimum Gasteiger partial charge on any atom is -0.508 e. The van der Waals surface area contributed by atoms with Crippen LogP contribution in [0.25, 0.3) is 22.4 Å². The molecule has 0 amide bonds. The van der Waals surface area contributed by atoms with Gasteiger partial charge in [-0.3, -0.25) is 9.78 Å². The maximum absolute atomic E-state index is 9.51. The SMILES string of the molecule is Cc1cc(O)ccc1Nc1cc(-c2ccc(-c3cnn(C)c3)cc2)[nH]n1. The Morgan fingerprint density at radius 3 is 2.46 bits per heavy atom. The molecule has 0 fully saturated rings.